The van der Waals surface area contributed by atoms with E-state index in [9.17, 15) is 14.7 Å². The summed E-state index contributed by atoms with van der Waals surface area (Å²) in [5.74, 6) is 1.33. The van der Waals surface area contributed by atoms with E-state index in [2.05, 4.69) is 81.5 Å². The first-order valence-corrected chi connectivity index (χ1v) is 18.1. The van der Waals surface area contributed by atoms with Crippen molar-refractivity contribution in [2.75, 3.05) is 26.0 Å². The van der Waals surface area contributed by atoms with Crippen molar-refractivity contribution in [3.05, 3.63) is 101 Å². The Bertz CT molecular complexity index is 1920. The third kappa shape index (κ3) is 8.68. The first kappa shape index (κ1) is 35.9. The molecule has 51 heavy (non-hydrogen) atoms. The number of ketones is 1. The van der Waals surface area contributed by atoms with Gasteiger partial charge in [-0.25, -0.2) is 0 Å². The maximum Gasteiger partial charge on any atom is 0.302 e. The van der Waals surface area contributed by atoms with E-state index in [1.54, 1.807) is 6.07 Å². The molecule has 2 aliphatic rings. The zero-order chi connectivity index (χ0) is 35.9. The number of ether oxygens (including phenoxy) is 2. The fraction of sp³-hybridized carbons (Fsp3) is 0.415. The second-order valence-electron chi connectivity index (χ2n) is 13.9. The molecule has 270 valence electrons. The van der Waals surface area contributed by atoms with Crippen LogP contribution < -0.4 is 20.7 Å². The van der Waals surface area contributed by atoms with Crippen LogP contribution in [0.5, 0.6) is 11.5 Å². The predicted molar refractivity (Wildman–Crippen MR) is 201 cm³/mol. The molecule has 4 aromatic rings. The number of Topliss-reactive ketones (excluding diaryl/α,β-unsaturated/α-hetero) is 1. The minimum Gasteiger partial charge on any atom is -0.504 e. The van der Waals surface area contributed by atoms with Crippen molar-refractivity contribution in [3.8, 4) is 11.5 Å². The number of nitrogens with one attached hydrogen (secondary N) is 4. The van der Waals surface area contributed by atoms with Gasteiger partial charge in [-0.1, -0.05) is 31.6 Å². The van der Waals surface area contributed by atoms with Crippen LogP contribution in [0.1, 0.15) is 80.7 Å². The molecule has 0 aliphatic carbocycles. The molecule has 0 unspecified atom stereocenters. The molecule has 2 aromatic carbocycles. The summed E-state index contributed by atoms with van der Waals surface area (Å²) in [5, 5.41) is 23.1. The number of aryl methyl sites for hydroxylation is 1. The van der Waals surface area contributed by atoms with Crippen LogP contribution >= 0.6 is 0 Å². The van der Waals surface area contributed by atoms with E-state index >= 15 is 0 Å². The average molecular weight is 694 g/mol. The second kappa shape index (κ2) is 16.4. The average Bonchev–Trinajstić information content (AvgIpc) is 3.75. The maximum atomic E-state index is 14.1. The van der Waals surface area contributed by atoms with E-state index < -0.39 is 12.1 Å². The van der Waals surface area contributed by atoms with E-state index in [1.807, 2.05) is 19.2 Å². The molecule has 4 heterocycles. The SMILES string of the molecule is CC[C@H]1CC[C@@H](OC(C)=O)CC(=O)C[C@H](c2cc(OC)c(O)cc2CNC)n2cc3cccc(c3c2)NC2=CC(=CCN2)CCc2c[nH]cc2C1. The van der Waals surface area contributed by atoms with Crippen molar-refractivity contribution < 1.29 is 24.2 Å². The number of carbonyl (C=O) groups excluding carboxylic acids is 2. The Kier molecular flexibility index (Phi) is 11.5. The molecule has 10 nitrogen and oxygen atoms in total. The normalized spacial score (nSPS) is 20.3. The van der Waals surface area contributed by atoms with Crippen LogP contribution in [0.3, 0.4) is 0 Å². The predicted octanol–water partition coefficient (Wildman–Crippen LogP) is 7.05. The Hall–Kier alpha value is -4.96. The fourth-order valence-electron chi connectivity index (χ4n) is 7.59. The smallest absolute Gasteiger partial charge is 0.302 e. The standard InChI is InChI=1S/C41H51N5O5/c1-5-27-10-12-34(51-26(2)47)18-33(48)19-38(35-20-40(50-4)39(49)17-32(35)21-42-3)46-24-30-7-6-8-37(36(30)25-46)45-41-16-28(13-14-44-41)9-11-29-22-43-23-31(29)15-27/h6-8,13,16-17,20,22-25,27,34,38,42-45,49H,5,9-12,14-15,18-19,21H2,1-4H3/t27-,34+,38+/m0/s1. The van der Waals surface area contributed by atoms with Crippen LogP contribution in [0, 0.1) is 5.92 Å². The van der Waals surface area contributed by atoms with Gasteiger partial charge in [0.2, 0.25) is 0 Å². The Balaban J connectivity index is 1.43. The van der Waals surface area contributed by atoms with Gasteiger partial charge in [-0.15, -0.1) is 0 Å². The molecule has 10 heteroatoms. The number of hydrogen-bond donors (Lipinski definition) is 5. The molecule has 3 atom stereocenters. The highest BCUT2D eigenvalue weighted by atomic mass is 16.5. The lowest BCUT2D eigenvalue weighted by atomic mass is 9.88. The van der Waals surface area contributed by atoms with Gasteiger partial charge in [-0.2, -0.15) is 0 Å². The molecule has 0 radical (unpaired) electrons. The number of nitrogens with zero attached hydrogens (tertiary/aromatic N) is 1. The number of rotatable bonds is 6. The number of carbonyl (C=O) groups is 2. The maximum absolute atomic E-state index is 14.1. The molecular weight excluding hydrogens is 642 g/mol. The van der Waals surface area contributed by atoms with Gasteiger partial charge in [-0.3, -0.25) is 9.59 Å². The highest BCUT2D eigenvalue weighted by molar-refractivity contribution is 5.94. The summed E-state index contributed by atoms with van der Waals surface area (Å²) in [6, 6.07) is 9.30. The third-order valence-electron chi connectivity index (χ3n) is 10.3. The van der Waals surface area contributed by atoms with Crippen LogP contribution in [0.15, 0.2) is 78.7 Å². The largest absolute Gasteiger partial charge is 0.504 e. The van der Waals surface area contributed by atoms with Crippen LogP contribution in [0.4, 0.5) is 5.69 Å². The molecule has 5 N–H and O–H groups in total. The van der Waals surface area contributed by atoms with Crippen molar-refractivity contribution in [1.82, 2.24) is 20.2 Å². The quantitative estimate of drug-likeness (QED) is 0.136. The van der Waals surface area contributed by atoms with Gasteiger partial charge in [0.25, 0.3) is 0 Å². The van der Waals surface area contributed by atoms with Crippen LogP contribution in [0.25, 0.3) is 10.8 Å². The summed E-state index contributed by atoms with van der Waals surface area (Å²) in [5.41, 5.74) is 6.61. The highest BCUT2D eigenvalue weighted by Crippen LogP contribution is 2.38. The first-order valence-electron chi connectivity index (χ1n) is 18.1. The monoisotopic (exact) mass is 693 g/mol. The third-order valence-corrected chi connectivity index (χ3v) is 10.3. The summed E-state index contributed by atoms with van der Waals surface area (Å²) in [4.78, 5) is 29.8. The van der Waals surface area contributed by atoms with E-state index in [4.69, 9.17) is 9.47 Å². The number of phenolic OH excluding ortho intramolecular Hbond substituents is 1. The Morgan fingerprint density at radius 3 is 2.71 bits per heavy atom. The highest BCUT2D eigenvalue weighted by Gasteiger charge is 2.27. The molecule has 0 fully saturated rings. The van der Waals surface area contributed by atoms with E-state index in [0.717, 1.165) is 72.1 Å². The van der Waals surface area contributed by atoms with Crippen molar-refractivity contribution in [2.45, 2.75) is 83.9 Å². The summed E-state index contributed by atoms with van der Waals surface area (Å²) in [6.45, 7) is 4.84. The Morgan fingerprint density at radius 2 is 1.92 bits per heavy atom. The molecule has 0 saturated heterocycles. The topological polar surface area (TPSA) is 130 Å². The Morgan fingerprint density at radius 1 is 1.08 bits per heavy atom. The molecule has 2 aliphatic heterocycles. The van der Waals surface area contributed by atoms with Gasteiger partial charge in [-0.05, 0) is 97.2 Å². The molecule has 6 rings (SSSR count). The second-order valence-corrected chi connectivity index (χ2v) is 13.9. The summed E-state index contributed by atoms with van der Waals surface area (Å²) >= 11 is 0. The van der Waals surface area contributed by atoms with Crippen LogP contribution in [0.2, 0.25) is 0 Å². The number of fused-ring (bicyclic) bond motifs is 3. The van der Waals surface area contributed by atoms with Gasteiger partial charge in [0.15, 0.2) is 11.5 Å². The number of H-pyrrole nitrogens is 1. The minimum absolute atomic E-state index is 0.00690. The van der Waals surface area contributed by atoms with E-state index in [-0.39, 0.29) is 30.3 Å². The number of benzene rings is 2. The van der Waals surface area contributed by atoms with Crippen LogP contribution in [-0.2, 0) is 33.7 Å². The van der Waals surface area contributed by atoms with Gasteiger partial charge in [0.05, 0.1) is 13.2 Å². The van der Waals surface area contributed by atoms with E-state index in [0.29, 0.717) is 24.6 Å². The van der Waals surface area contributed by atoms with E-state index in [1.165, 1.54) is 30.7 Å². The number of aromatic nitrogens is 2. The molecule has 0 amide bonds. The number of methoxy groups -OCH3 is 1. The summed E-state index contributed by atoms with van der Waals surface area (Å²) in [6.07, 6.45) is 17.9. The van der Waals surface area contributed by atoms with Crippen molar-refractivity contribution >= 4 is 28.2 Å². The van der Waals surface area contributed by atoms with Crippen LogP contribution in [-0.4, -0.2) is 53.2 Å². The lowest BCUT2D eigenvalue weighted by Gasteiger charge is -2.25. The van der Waals surface area contributed by atoms with Crippen molar-refractivity contribution in [3.63, 3.8) is 0 Å². The van der Waals surface area contributed by atoms with Crippen molar-refractivity contribution in [2.24, 2.45) is 5.92 Å². The Labute approximate surface area is 300 Å². The summed E-state index contributed by atoms with van der Waals surface area (Å²) < 4.78 is 13.4. The number of anilines is 1. The fourth-order valence-corrected chi connectivity index (χ4v) is 7.59. The molecule has 2 aromatic heterocycles. The van der Waals surface area contributed by atoms with Gasteiger partial charge >= 0.3 is 5.97 Å². The molecule has 4 bridgehead atoms. The lowest BCUT2D eigenvalue weighted by Crippen LogP contribution is -2.24. The number of hydrogen-bond acceptors (Lipinski definition) is 8. The zero-order valence-corrected chi connectivity index (χ0v) is 30.2. The minimum atomic E-state index is -0.513. The number of aromatic amines is 1. The molecule has 0 saturated carbocycles. The number of dihydropyridines is 1. The number of allylic oxidation sites excluding steroid dienone is 2. The molecule has 0 spiro atoms. The van der Waals surface area contributed by atoms with Gasteiger partial charge in [0.1, 0.15) is 17.7 Å². The van der Waals surface area contributed by atoms with Gasteiger partial charge < -0.3 is 40.1 Å². The lowest BCUT2D eigenvalue weighted by molar-refractivity contribution is -0.148. The zero-order valence-electron chi connectivity index (χ0n) is 30.2. The number of esters is 1. The number of phenols is 1. The van der Waals surface area contributed by atoms with Gasteiger partial charge in [0, 0.05) is 74.1 Å². The van der Waals surface area contributed by atoms with Crippen molar-refractivity contribution in [1.29, 1.82) is 0 Å². The summed E-state index contributed by atoms with van der Waals surface area (Å²) in [7, 11) is 3.38. The first-order chi connectivity index (χ1) is 24.7. The molecular formula is C41H51N5O5. The number of aromatic hydroxyl groups is 1.